The lowest BCUT2D eigenvalue weighted by molar-refractivity contribution is 0.777. The van der Waals surface area contributed by atoms with Gasteiger partial charge in [0.25, 0.3) is 0 Å². The fraction of sp³-hybridized carbons (Fsp3) is 0.256. The van der Waals surface area contributed by atoms with Crippen LogP contribution in [0.2, 0.25) is 0 Å². The van der Waals surface area contributed by atoms with Crippen molar-refractivity contribution in [2.24, 2.45) is 0 Å². The average Bonchev–Trinajstić information content (AvgIpc) is 1.51. The van der Waals surface area contributed by atoms with Gasteiger partial charge in [-0.05, 0) is 208 Å². The van der Waals surface area contributed by atoms with Crippen LogP contribution in [0.15, 0.2) is 382 Å². The number of para-hydroxylation sites is 2. The molecule has 2 heteroatoms. The second-order valence-electron chi connectivity index (χ2n) is 30.1. The Hall–Kier alpha value is -12.9. The molecule has 0 bridgehead atoms. The zero-order chi connectivity index (χ0) is 95.0. The Balaban J connectivity index is 0.000000228. The second-order valence-corrected chi connectivity index (χ2v) is 30.1. The minimum atomic E-state index is -0.338. The van der Waals surface area contributed by atoms with E-state index in [1.54, 1.807) is 0 Å². The molecule has 0 fully saturated rings. The van der Waals surface area contributed by atoms with Crippen LogP contribution in [0.25, 0.3) is 109 Å². The highest BCUT2D eigenvalue weighted by atomic mass is 15.1. The maximum atomic E-state index is 2.54. The van der Waals surface area contributed by atoms with Crippen LogP contribution < -0.4 is 9.80 Å². The van der Waals surface area contributed by atoms with Gasteiger partial charge in [0.2, 0.25) is 0 Å². The van der Waals surface area contributed by atoms with Gasteiger partial charge in [0, 0.05) is 37.6 Å². The van der Waals surface area contributed by atoms with E-state index in [1.165, 1.54) is 195 Å². The van der Waals surface area contributed by atoms with Gasteiger partial charge in [0.15, 0.2) is 0 Å². The predicted octanol–water partition coefficient (Wildman–Crippen LogP) is 39.0. The van der Waals surface area contributed by atoms with Crippen LogP contribution in [0.4, 0.5) is 11.4 Å². The third kappa shape index (κ3) is 20.7. The molecule has 4 aliphatic rings. The van der Waals surface area contributed by atoms with Gasteiger partial charge in [-0.3, -0.25) is 0 Å². The molecule has 4 aliphatic carbocycles. The number of anilines is 2. The molecule has 0 N–H and O–H groups in total. The van der Waals surface area contributed by atoms with Crippen LogP contribution in [0.3, 0.4) is 0 Å². The van der Waals surface area contributed by atoms with Crippen LogP contribution in [-0.4, -0.2) is 6.54 Å². The molecule has 0 aromatic heterocycles. The molecule has 0 unspecified atom stereocenters. The lowest BCUT2D eigenvalue weighted by Gasteiger charge is -2.31. The zero-order valence-electron chi connectivity index (χ0n) is 84.0. The van der Waals surface area contributed by atoms with Crippen LogP contribution in [0, 0.1) is 0 Å². The normalized spacial score (nSPS) is 11.2. The Bertz CT molecular complexity index is 6170. The van der Waals surface area contributed by atoms with E-state index in [1.807, 2.05) is 138 Å². The van der Waals surface area contributed by atoms with Crippen molar-refractivity contribution in [3.05, 3.63) is 443 Å². The van der Waals surface area contributed by atoms with Gasteiger partial charge in [-0.1, -0.05) is 531 Å². The quantitative estimate of drug-likeness (QED) is 0.133. The van der Waals surface area contributed by atoms with Crippen molar-refractivity contribution in [1.82, 2.24) is 0 Å². The Kier molecular flexibility index (Phi) is 41.6. The van der Waals surface area contributed by atoms with Gasteiger partial charge >= 0.3 is 0 Å². The molecule has 0 atom stereocenters. The summed E-state index contributed by atoms with van der Waals surface area (Å²) in [6.07, 6.45) is 2.50. The molecule has 2 spiro atoms. The SMILES string of the molecule is CC.CC.CC.CC.CC.CC.CC.CC.CC.CC.CCC.CCC.CCN(Cc1cccc2c3ccccc3c3ccccc3c12)c1ccccc1.c1ccc(N(Cc2ccc3c(c2)C2(c4ccccc4-c4ccccc42)c2ccccc2-3)Cc2ccc3c4ccccc4c4ccccc4c3c2)cc1.c1ccc2c(c1)-c1ccccc1C21c2ccccc2-c2ccccc21. The molecule has 2 nitrogen and oxygen atoms in total. The maximum absolute atomic E-state index is 2.54. The monoisotopic (exact) mass is 1730 g/mol. The summed E-state index contributed by atoms with van der Waals surface area (Å²) in [7, 11) is 0. The fourth-order valence-corrected chi connectivity index (χ4v) is 19.1. The van der Waals surface area contributed by atoms with Crippen molar-refractivity contribution in [3.8, 4) is 44.5 Å². The number of fused-ring (bicyclic) bond motifs is 32. The highest BCUT2D eigenvalue weighted by Gasteiger charge is 2.53. The summed E-state index contributed by atoms with van der Waals surface area (Å²) in [5.74, 6) is 0. The summed E-state index contributed by atoms with van der Waals surface area (Å²) in [5.41, 5.74) is 28.0. The Morgan fingerprint density at radius 2 is 0.397 bits per heavy atom. The van der Waals surface area contributed by atoms with E-state index >= 15 is 0 Å². The average molecular weight is 1730 g/mol. The van der Waals surface area contributed by atoms with Crippen molar-refractivity contribution in [2.75, 3.05) is 16.3 Å². The Morgan fingerprint density at radius 1 is 0.176 bits per heavy atom. The molecule has 0 amide bonds. The molecule has 22 rings (SSSR count). The largest absolute Gasteiger partial charge is 0.367 e. The molecule has 18 aromatic rings. The standard InChI is InChI=1S/C51H35N.C27H23N.C25H16.2C3H8.10C2H6/c1-2-14-36(15-3-1)52(32-34-26-28-41-39-18-5-4-16-37(39)38-17-6-7-19-40(38)46(41)30-34)33-35-27-29-45-44-22-10-13-25-49(44)51(50(45)31-35)47-23-11-8-20-42(47)43-21-9-12-24-48(43)51;1-2-28(21-12-4-3-5-13-21)19-20-11-10-18-26-24-15-7-6-14-22(24)23-16-8-9-17-25(23)27(20)26;1-5-13-21-17(9-1)18-10-2-6-14-22(18)25(21)23-15-7-3-11-19(23)20-12-4-8-16-24(20)25;2*1-3-2;10*1-2/h1-31H,32-33H2;3-18H,2,19H2,1H3;1-16H;2*3H2,1-2H3;10*1-2H3. The van der Waals surface area contributed by atoms with Crippen molar-refractivity contribution in [2.45, 2.75) is 216 Å². The smallest absolute Gasteiger partial charge is 0.0725 e. The lowest BCUT2D eigenvalue weighted by atomic mass is 9.70. The first-order valence-corrected chi connectivity index (χ1v) is 50.0. The number of hydrogen-bond acceptors (Lipinski definition) is 2. The van der Waals surface area contributed by atoms with Crippen LogP contribution in [0.1, 0.15) is 247 Å². The van der Waals surface area contributed by atoms with Crippen molar-refractivity contribution in [3.63, 3.8) is 0 Å². The van der Waals surface area contributed by atoms with E-state index in [4.69, 9.17) is 0 Å². The molecule has 18 aromatic carbocycles. The number of benzene rings is 18. The lowest BCUT2D eigenvalue weighted by Crippen LogP contribution is -2.26. The predicted molar refractivity (Wildman–Crippen MR) is 588 cm³/mol. The highest BCUT2D eigenvalue weighted by molar-refractivity contribution is 6.27. The van der Waals surface area contributed by atoms with Crippen LogP contribution in [0.5, 0.6) is 0 Å². The van der Waals surface area contributed by atoms with E-state index in [0.29, 0.717) is 0 Å². The van der Waals surface area contributed by atoms with Gasteiger partial charge in [0.1, 0.15) is 0 Å². The first-order chi connectivity index (χ1) is 64.9. The van der Waals surface area contributed by atoms with Crippen LogP contribution in [-0.2, 0) is 30.5 Å². The van der Waals surface area contributed by atoms with Gasteiger partial charge in [-0.2, -0.15) is 0 Å². The van der Waals surface area contributed by atoms with Crippen LogP contribution >= 0.6 is 0 Å². The van der Waals surface area contributed by atoms with Gasteiger partial charge in [0.05, 0.1) is 10.8 Å². The molecule has 0 heterocycles. The molecular weight excluding hydrogens is 1580 g/mol. The zero-order valence-corrected chi connectivity index (χ0v) is 84.0. The Labute approximate surface area is 791 Å². The number of rotatable bonds is 9. The minimum absolute atomic E-state index is 0.180. The van der Waals surface area contributed by atoms with E-state index in [9.17, 15) is 0 Å². The molecule has 131 heavy (non-hydrogen) atoms. The fourth-order valence-electron chi connectivity index (χ4n) is 19.1. The highest BCUT2D eigenvalue weighted by Crippen LogP contribution is 2.64. The topological polar surface area (TPSA) is 6.48 Å². The van der Waals surface area contributed by atoms with Crippen molar-refractivity contribution < 1.29 is 0 Å². The van der Waals surface area contributed by atoms with E-state index in [-0.39, 0.29) is 10.8 Å². The first-order valence-electron chi connectivity index (χ1n) is 50.0. The summed E-state index contributed by atoms with van der Waals surface area (Å²) >= 11 is 0. The Morgan fingerprint density at radius 3 is 0.710 bits per heavy atom. The third-order valence-corrected chi connectivity index (χ3v) is 23.4. The maximum Gasteiger partial charge on any atom is 0.0725 e. The summed E-state index contributed by atoms with van der Waals surface area (Å²) in [6.45, 7) is 54.2. The van der Waals surface area contributed by atoms with Crippen molar-refractivity contribution in [1.29, 1.82) is 0 Å². The van der Waals surface area contributed by atoms with Crippen molar-refractivity contribution >= 4 is 76.0 Å². The molecule has 676 valence electrons. The van der Waals surface area contributed by atoms with Gasteiger partial charge in [-0.15, -0.1) is 0 Å². The molecular formula is C129H150N2. The summed E-state index contributed by atoms with van der Waals surface area (Å²) in [5, 5.41) is 15.9. The third-order valence-electron chi connectivity index (χ3n) is 23.4. The van der Waals surface area contributed by atoms with E-state index < -0.39 is 0 Å². The second kappa shape index (κ2) is 52.7. The first kappa shape index (κ1) is 103. The summed E-state index contributed by atoms with van der Waals surface area (Å²) in [6, 6.07) is 141. The van der Waals surface area contributed by atoms with Gasteiger partial charge in [-0.25, -0.2) is 0 Å². The van der Waals surface area contributed by atoms with E-state index in [0.717, 1.165) is 26.2 Å². The minimum Gasteiger partial charge on any atom is -0.367 e. The molecule has 0 aliphatic heterocycles. The number of nitrogens with zero attached hydrogens (tertiary/aromatic N) is 2. The van der Waals surface area contributed by atoms with Gasteiger partial charge < -0.3 is 9.80 Å². The molecule has 0 radical (unpaired) electrons. The summed E-state index contributed by atoms with van der Waals surface area (Å²) < 4.78 is 0. The van der Waals surface area contributed by atoms with E-state index in [2.05, 4.69) is 427 Å². The summed E-state index contributed by atoms with van der Waals surface area (Å²) in [4.78, 5) is 4.98. The molecule has 0 saturated carbocycles. The molecule has 0 saturated heterocycles. The number of hydrogen-bond donors (Lipinski definition) is 0.